The Morgan fingerprint density at radius 2 is 2.15 bits per heavy atom. The van der Waals surface area contributed by atoms with E-state index in [4.69, 9.17) is 4.74 Å². The number of nitrogens with zero attached hydrogens (tertiary/aromatic N) is 3. The van der Waals surface area contributed by atoms with Crippen molar-refractivity contribution >= 4 is 52.6 Å². The molecule has 0 aliphatic carbocycles. The Kier molecular flexibility index (Phi) is 5.03. The molecule has 5 nitrogen and oxygen atoms in total. The zero-order chi connectivity index (χ0) is 19.0. The Morgan fingerprint density at radius 1 is 1.33 bits per heavy atom. The van der Waals surface area contributed by atoms with Crippen LogP contribution in [0.15, 0.2) is 68.0 Å². The van der Waals surface area contributed by atoms with Crippen molar-refractivity contribution in [3.63, 3.8) is 0 Å². The zero-order valence-corrected chi connectivity index (χ0v) is 17.3. The van der Waals surface area contributed by atoms with E-state index in [-0.39, 0.29) is 12.5 Å². The monoisotopic (exact) mass is 415 g/mol. The van der Waals surface area contributed by atoms with Crippen LogP contribution in [0.1, 0.15) is 5.01 Å². The quantitative estimate of drug-likeness (QED) is 0.680. The van der Waals surface area contributed by atoms with Crippen LogP contribution in [-0.4, -0.2) is 36.6 Å². The topological polar surface area (TPSA) is 45.7 Å². The van der Waals surface area contributed by atoms with Crippen LogP contribution in [-0.2, 0) is 9.53 Å². The van der Waals surface area contributed by atoms with E-state index in [0.29, 0.717) is 0 Å². The van der Waals surface area contributed by atoms with Crippen molar-refractivity contribution in [1.82, 2.24) is 9.88 Å². The highest BCUT2D eigenvalue weighted by molar-refractivity contribution is 8.09. The molecule has 1 aromatic carbocycles. The summed E-state index contributed by atoms with van der Waals surface area (Å²) in [6.07, 6.45) is 3.76. The number of ether oxygens (including phenoxy) is 1. The number of benzene rings is 1. The fraction of sp³-hybridized carbons (Fsp3) is 0.158. The number of fused-ring (bicyclic) bond motifs is 1. The maximum atomic E-state index is 11.9. The number of hydrogen-bond donors (Lipinski definition) is 0. The highest BCUT2D eigenvalue weighted by atomic mass is 32.2. The molecule has 4 rings (SSSR count). The molecule has 2 aliphatic heterocycles. The number of thiazole rings is 1. The van der Waals surface area contributed by atoms with Gasteiger partial charge in [0, 0.05) is 29.6 Å². The summed E-state index contributed by atoms with van der Waals surface area (Å²) in [6, 6.07) is 8.31. The second-order valence-corrected chi connectivity index (χ2v) is 8.81. The zero-order valence-electron chi connectivity index (χ0n) is 14.8. The molecule has 1 fully saturated rings. The molecule has 2 aromatic rings. The molecular weight excluding hydrogens is 398 g/mol. The van der Waals surface area contributed by atoms with Gasteiger partial charge in [-0.1, -0.05) is 42.2 Å². The molecule has 8 heteroatoms. The fourth-order valence-corrected chi connectivity index (χ4v) is 5.94. The molecule has 0 atom stereocenters. The minimum Gasteiger partial charge on any atom is -0.468 e. The summed E-state index contributed by atoms with van der Waals surface area (Å²) in [7, 11) is 3.46. The summed E-state index contributed by atoms with van der Waals surface area (Å²) in [5.41, 5.74) is 1.98. The molecular formula is C19H17N3O2S3. The van der Waals surface area contributed by atoms with Gasteiger partial charge >= 0.3 is 5.97 Å². The Hall–Kier alpha value is -2.16. The normalized spacial score (nSPS) is 20.5. The summed E-state index contributed by atoms with van der Waals surface area (Å²) in [6.45, 7) is 4.39. The van der Waals surface area contributed by atoms with E-state index in [1.807, 2.05) is 28.5 Å². The SMILES string of the molecule is C=C1C(=C2Sc3ccccc3N2C)SC(=Cc2nccs2)N1CC(=O)OC. The molecule has 138 valence electrons. The van der Waals surface area contributed by atoms with Crippen molar-refractivity contribution in [1.29, 1.82) is 0 Å². The van der Waals surface area contributed by atoms with Crippen LogP contribution < -0.4 is 4.90 Å². The minimum absolute atomic E-state index is 0.123. The predicted molar refractivity (Wildman–Crippen MR) is 113 cm³/mol. The van der Waals surface area contributed by atoms with Gasteiger partial charge in [-0.25, -0.2) is 4.98 Å². The molecule has 3 heterocycles. The largest absolute Gasteiger partial charge is 0.468 e. The third kappa shape index (κ3) is 3.40. The molecule has 2 aliphatic rings. The third-order valence-corrected chi connectivity index (χ3v) is 7.47. The van der Waals surface area contributed by atoms with Gasteiger partial charge in [-0.2, -0.15) is 0 Å². The van der Waals surface area contributed by atoms with Gasteiger partial charge in [-0.05, 0) is 12.1 Å². The number of anilines is 1. The van der Waals surface area contributed by atoms with E-state index in [2.05, 4.69) is 35.6 Å². The first-order valence-corrected chi connectivity index (χ1v) is 10.7. The molecule has 0 spiro atoms. The Labute approximate surface area is 170 Å². The van der Waals surface area contributed by atoms with Gasteiger partial charge < -0.3 is 14.5 Å². The number of para-hydroxylation sites is 1. The summed E-state index contributed by atoms with van der Waals surface area (Å²) in [4.78, 5) is 22.6. The highest BCUT2D eigenvalue weighted by Gasteiger charge is 2.35. The van der Waals surface area contributed by atoms with Crippen LogP contribution in [0.4, 0.5) is 5.69 Å². The molecule has 0 unspecified atom stereocenters. The summed E-state index contributed by atoms with van der Waals surface area (Å²) >= 11 is 4.89. The maximum absolute atomic E-state index is 11.9. The van der Waals surface area contributed by atoms with Gasteiger partial charge in [-0.3, -0.25) is 4.79 Å². The van der Waals surface area contributed by atoms with Gasteiger partial charge in [0.15, 0.2) is 0 Å². The number of carbonyl (C=O) groups is 1. The Balaban J connectivity index is 1.73. The van der Waals surface area contributed by atoms with E-state index in [0.717, 1.165) is 25.7 Å². The molecule has 27 heavy (non-hydrogen) atoms. The van der Waals surface area contributed by atoms with E-state index in [9.17, 15) is 4.79 Å². The van der Waals surface area contributed by atoms with Crippen molar-refractivity contribution in [2.24, 2.45) is 0 Å². The van der Waals surface area contributed by atoms with Crippen molar-refractivity contribution in [2.45, 2.75) is 4.90 Å². The van der Waals surface area contributed by atoms with Crippen molar-refractivity contribution in [3.8, 4) is 0 Å². The molecule has 0 radical (unpaired) electrons. The molecule has 0 N–H and O–H groups in total. The Bertz CT molecular complexity index is 966. The number of methoxy groups -OCH3 is 1. The van der Waals surface area contributed by atoms with Crippen LogP contribution in [0, 0.1) is 0 Å². The summed E-state index contributed by atoms with van der Waals surface area (Å²) in [5, 5.41) is 4.86. The lowest BCUT2D eigenvalue weighted by Gasteiger charge is -2.19. The standard InChI is InChI=1S/C19H17N3O2S3/c1-12-18(19-21(2)13-6-4-5-7-14(13)26-19)27-16(10-15-20-8-9-25-15)22(12)11-17(23)24-3/h4-10H,1,11H2,2-3H3. The van der Waals surface area contributed by atoms with Crippen molar-refractivity contribution in [2.75, 3.05) is 25.6 Å². The molecule has 0 amide bonds. The first kappa shape index (κ1) is 18.2. The second kappa shape index (κ2) is 7.46. The van der Waals surface area contributed by atoms with E-state index >= 15 is 0 Å². The Morgan fingerprint density at radius 3 is 2.85 bits per heavy atom. The smallest absolute Gasteiger partial charge is 0.325 e. The maximum Gasteiger partial charge on any atom is 0.325 e. The molecule has 1 aromatic heterocycles. The highest BCUT2D eigenvalue weighted by Crippen LogP contribution is 2.54. The summed E-state index contributed by atoms with van der Waals surface area (Å²) < 4.78 is 4.87. The van der Waals surface area contributed by atoms with Gasteiger partial charge in [0.1, 0.15) is 11.6 Å². The predicted octanol–water partition coefficient (Wildman–Crippen LogP) is 4.59. The van der Waals surface area contributed by atoms with Gasteiger partial charge in [0.05, 0.1) is 33.5 Å². The number of esters is 1. The average molecular weight is 416 g/mol. The average Bonchev–Trinajstić information content (AvgIpc) is 3.37. The minimum atomic E-state index is -0.302. The third-order valence-electron chi connectivity index (χ3n) is 4.21. The van der Waals surface area contributed by atoms with Gasteiger partial charge in [0.25, 0.3) is 0 Å². The fourth-order valence-electron chi connectivity index (χ4n) is 2.83. The number of rotatable bonds is 3. The van der Waals surface area contributed by atoms with Crippen LogP contribution >= 0.6 is 34.9 Å². The van der Waals surface area contributed by atoms with Crippen LogP contribution in [0.5, 0.6) is 0 Å². The van der Waals surface area contributed by atoms with Gasteiger partial charge in [0.2, 0.25) is 0 Å². The number of aromatic nitrogens is 1. The van der Waals surface area contributed by atoms with Crippen LogP contribution in [0.25, 0.3) is 6.08 Å². The van der Waals surface area contributed by atoms with Crippen LogP contribution in [0.2, 0.25) is 0 Å². The first-order chi connectivity index (χ1) is 13.1. The van der Waals surface area contributed by atoms with Gasteiger partial charge in [-0.15, -0.1) is 11.3 Å². The lowest BCUT2D eigenvalue weighted by molar-refractivity contribution is -0.140. The first-order valence-electron chi connectivity index (χ1n) is 8.16. The lowest BCUT2D eigenvalue weighted by atomic mass is 10.3. The van der Waals surface area contributed by atoms with Crippen molar-refractivity contribution in [3.05, 3.63) is 68.1 Å². The van der Waals surface area contributed by atoms with Crippen molar-refractivity contribution < 1.29 is 9.53 Å². The molecule has 1 saturated heterocycles. The lowest BCUT2D eigenvalue weighted by Crippen LogP contribution is -2.25. The van der Waals surface area contributed by atoms with Crippen LogP contribution in [0.3, 0.4) is 0 Å². The second-order valence-electron chi connectivity index (χ2n) is 5.83. The number of hydrogen-bond acceptors (Lipinski definition) is 8. The van der Waals surface area contributed by atoms with E-state index in [1.54, 1.807) is 41.1 Å². The number of carbonyl (C=O) groups excluding carboxylic acids is 1. The van der Waals surface area contributed by atoms with E-state index < -0.39 is 0 Å². The summed E-state index contributed by atoms with van der Waals surface area (Å²) in [5.74, 6) is -0.302. The molecule has 0 saturated carbocycles. The van der Waals surface area contributed by atoms with E-state index in [1.165, 1.54) is 17.7 Å². The molecule has 0 bridgehead atoms. The number of thioether (sulfide) groups is 2.